The molecule has 5 heteroatoms. The van der Waals surface area contributed by atoms with Crippen molar-refractivity contribution in [1.82, 2.24) is 5.32 Å². The van der Waals surface area contributed by atoms with Crippen molar-refractivity contribution < 1.29 is 14.4 Å². The Morgan fingerprint density at radius 2 is 1.62 bits per heavy atom. The largest absolute Gasteiger partial charge is 0.333 e. The maximum Gasteiger partial charge on any atom is 0.250 e. The summed E-state index contributed by atoms with van der Waals surface area (Å²) in [4.78, 5) is 29.2. The van der Waals surface area contributed by atoms with Gasteiger partial charge in [-0.05, 0) is 7.05 Å². The highest BCUT2D eigenvalue weighted by Crippen LogP contribution is 1.82. The highest BCUT2D eigenvalue weighted by molar-refractivity contribution is 6.12. The molecule has 0 aromatic carbocycles. The fraction of sp³-hybridized carbons (Fsp3) is 0.375. The Labute approximate surface area is 77.0 Å². The van der Waals surface area contributed by atoms with Gasteiger partial charge in [0.15, 0.2) is 0 Å². The first-order valence-electron chi connectivity index (χ1n) is 3.75. The number of aldehydes is 1. The molecule has 0 aromatic heterocycles. The van der Waals surface area contributed by atoms with Crippen LogP contribution in [0.5, 0.6) is 0 Å². The van der Waals surface area contributed by atoms with Gasteiger partial charge in [0.05, 0.1) is 0 Å². The zero-order valence-electron chi connectivity index (χ0n) is 7.74. The summed E-state index contributed by atoms with van der Waals surface area (Å²) < 4.78 is 0. The van der Waals surface area contributed by atoms with E-state index in [0.29, 0.717) is 6.42 Å². The summed E-state index contributed by atoms with van der Waals surface area (Å²) >= 11 is 0. The summed E-state index contributed by atoms with van der Waals surface area (Å²) in [6.07, 6.45) is 3.91. The minimum atomic E-state index is -0.329. The molecule has 2 amide bonds. The van der Waals surface area contributed by atoms with E-state index in [9.17, 15) is 14.4 Å². The van der Waals surface area contributed by atoms with Crippen LogP contribution in [0.25, 0.3) is 0 Å². The Morgan fingerprint density at radius 1 is 1.31 bits per heavy atom. The van der Waals surface area contributed by atoms with Gasteiger partial charge < -0.3 is 10.5 Å². The van der Waals surface area contributed by atoms with Gasteiger partial charge in [0.25, 0.3) is 11.8 Å². The molecule has 0 unspecified atom stereocenters. The molecular formula is C8H14N2O3. The first kappa shape index (κ1) is 14.1. The lowest BCUT2D eigenvalue weighted by atomic mass is 10.6. The van der Waals surface area contributed by atoms with Gasteiger partial charge in [-0.3, -0.25) is 14.9 Å². The lowest BCUT2D eigenvalue weighted by molar-refractivity contribution is -0.123. The average Bonchev–Trinajstić information content (AvgIpc) is 2.54. The summed E-state index contributed by atoms with van der Waals surface area (Å²) in [6, 6.07) is 0. The second-order valence-electron chi connectivity index (χ2n) is 1.76. The molecule has 1 rings (SSSR count). The van der Waals surface area contributed by atoms with Crippen molar-refractivity contribution in [3.05, 3.63) is 12.2 Å². The second-order valence-corrected chi connectivity index (χ2v) is 1.76. The van der Waals surface area contributed by atoms with Crippen molar-refractivity contribution >= 4 is 18.1 Å². The first-order chi connectivity index (χ1) is 6.20. The summed E-state index contributed by atoms with van der Waals surface area (Å²) in [5.74, 6) is -0.657. The molecule has 0 saturated heterocycles. The third-order valence-electron chi connectivity index (χ3n) is 0.799. The van der Waals surface area contributed by atoms with E-state index >= 15 is 0 Å². The predicted molar refractivity (Wildman–Crippen MR) is 48.8 cm³/mol. The molecule has 0 bridgehead atoms. The van der Waals surface area contributed by atoms with Crippen molar-refractivity contribution in [3.63, 3.8) is 0 Å². The van der Waals surface area contributed by atoms with Gasteiger partial charge in [-0.1, -0.05) is 6.92 Å². The minimum Gasteiger partial charge on any atom is -0.333 e. The smallest absolute Gasteiger partial charge is 0.250 e. The number of carbonyl (C=O) groups is 3. The van der Waals surface area contributed by atoms with E-state index < -0.39 is 0 Å². The first-order valence-corrected chi connectivity index (χ1v) is 3.75. The summed E-state index contributed by atoms with van der Waals surface area (Å²) in [7, 11) is 1.50. The molecule has 0 aliphatic carbocycles. The molecule has 0 fully saturated rings. The Bertz CT molecular complexity index is 184. The molecule has 13 heavy (non-hydrogen) atoms. The van der Waals surface area contributed by atoms with Gasteiger partial charge in [0.2, 0.25) is 0 Å². The molecule has 0 atom stereocenters. The molecule has 1 aliphatic heterocycles. The highest BCUT2D eigenvalue weighted by Gasteiger charge is 2.06. The van der Waals surface area contributed by atoms with Crippen LogP contribution in [-0.4, -0.2) is 25.1 Å². The average molecular weight is 186 g/mol. The van der Waals surface area contributed by atoms with E-state index in [1.807, 2.05) is 12.2 Å². The number of rotatable bonds is 1. The molecule has 5 nitrogen and oxygen atoms in total. The van der Waals surface area contributed by atoms with Gasteiger partial charge in [0, 0.05) is 18.6 Å². The van der Waals surface area contributed by atoms with E-state index in [1.165, 1.54) is 19.2 Å². The maximum atomic E-state index is 10.0. The van der Waals surface area contributed by atoms with Crippen molar-refractivity contribution in [1.29, 1.82) is 0 Å². The molecule has 1 heterocycles. The Balaban J connectivity index is 0. The number of imide groups is 1. The normalized spacial score (nSPS) is 11.9. The molecule has 74 valence electrons. The van der Waals surface area contributed by atoms with Gasteiger partial charge >= 0.3 is 0 Å². The standard InChI is InChI=1S/C4H3NO2.C3H6O.CH5N/c6-3-1-2-4(7)5-3;1-2-3-4;1-2/h1-2H,(H,5,6,7);3H,2H2,1H3;2H2,1H3. The van der Waals surface area contributed by atoms with Gasteiger partial charge in [-0.15, -0.1) is 0 Å². The number of amides is 2. The van der Waals surface area contributed by atoms with Crippen LogP contribution in [0.2, 0.25) is 0 Å². The molecule has 3 N–H and O–H groups in total. The maximum absolute atomic E-state index is 10.0. The molecule has 0 spiro atoms. The third kappa shape index (κ3) is 10.5. The van der Waals surface area contributed by atoms with Crippen molar-refractivity contribution in [3.8, 4) is 0 Å². The van der Waals surface area contributed by atoms with Crippen molar-refractivity contribution in [2.24, 2.45) is 5.73 Å². The number of nitrogens with two attached hydrogens (primary N) is 1. The molecule has 0 saturated carbocycles. The lowest BCUT2D eigenvalue weighted by Gasteiger charge is -1.80. The molecule has 1 aliphatic rings. The van der Waals surface area contributed by atoms with Gasteiger partial charge in [-0.25, -0.2) is 0 Å². The quantitative estimate of drug-likeness (QED) is 0.421. The van der Waals surface area contributed by atoms with Gasteiger partial charge in [-0.2, -0.15) is 0 Å². The number of carbonyl (C=O) groups excluding carboxylic acids is 3. The van der Waals surface area contributed by atoms with Crippen LogP contribution in [-0.2, 0) is 14.4 Å². The predicted octanol–water partition coefficient (Wildman–Crippen LogP) is -0.631. The van der Waals surface area contributed by atoms with Crippen molar-refractivity contribution in [2.75, 3.05) is 7.05 Å². The van der Waals surface area contributed by atoms with Crippen LogP contribution >= 0.6 is 0 Å². The van der Waals surface area contributed by atoms with E-state index in [-0.39, 0.29) is 11.8 Å². The van der Waals surface area contributed by atoms with Crippen LogP contribution in [0, 0.1) is 0 Å². The molecule has 0 radical (unpaired) electrons. The molecule has 0 aromatic rings. The zero-order chi connectivity index (χ0) is 10.7. The third-order valence-corrected chi connectivity index (χ3v) is 0.799. The fourth-order valence-corrected chi connectivity index (χ4v) is 0.356. The van der Waals surface area contributed by atoms with E-state index in [1.54, 1.807) is 0 Å². The molecular weight excluding hydrogens is 172 g/mol. The minimum absolute atomic E-state index is 0.329. The van der Waals surface area contributed by atoms with E-state index in [2.05, 4.69) is 5.73 Å². The summed E-state index contributed by atoms with van der Waals surface area (Å²) in [5, 5.41) is 2.03. The Kier molecular flexibility index (Phi) is 11.4. The highest BCUT2D eigenvalue weighted by atomic mass is 16.2. The topological polar surface area (TPSA) is 89.3 Å². The summed E-state index contributed by atoms with van der Waals surface area (Å²) in [6.45, 7) is 1.81. The SMILES string of the molecule is CCC=O.CN.O=C1C=CC(=O)N1. The zero-order valence-corrected chi connectivity index (χ0v) is 7.74. The monoisotopic (exact) mass is 186 g/mol. The number of hydrogen-bond acceptors (Lipinski definition) is 4. The van der Waals surface area contributed by atoms with Crippen LogP contribution in [0.15, 0.2) is 12.2 Å². The van der Waals surface area contributed by atoms with Crippen LogP contribution in [0.3, 0.4) is 0 Å². The van der Waals surface area contributed by atoms with Crippen LogP contribution < -0.4 is 11.1 Å². The lowest BCUT2D eigenvalue weighted by Crippen LogP contribution is -2.19. The van der Waals surface area contributed by atoms with E-state index in [0.717, 1.165) is 6.29 Å². The van der Waals surface area contributed by atoms with Crippen LogP contribution in [0.4, 0.5) is 0 Å². The van der Waals surface area contributed by atoms with E-state index in [4.69, 9.17) is 0 Å². The Hall–Kier alpha value is -1.49. The number of hydrogen-bond donors (Lipinski definition) is 2. The Morgan fingerprint density at radius 3 is 1.69 bits per heavy atom. The fourth-order valence-electron chi connectivity index (χ4n) is 0.356. The van der Waals surface area contributed by atoms with Crippen LogP contribution in [0.1, 0.15) is 13.3 Å². The summed E-state index contributed by atoms with van der Waals surface area (Å²) in [5.41, 5.74) is 4.50. The number of nitrogens with one attached hydrogen (secondary N) is 1. The van der Waals surface area contributed by atoms with Gasteiger partial charge in [0.1, 0.15) is 6.29 Å². The van der Waals surface area contributed by atoms with Crippen molar-refractivity contribution in [2.45, 2.75) is 13.3 Å². The second kappa shape index (κ2) is 10.5.